The normalized spacial score (nSPS) is 16.2. The van der Waals surface area contributed by atoms with Crippen LogP contribution in [0.3, 0.4) is 0 Å². The number of hydrogen-bond acceptors (Lipinski definition) is 1. The van der Waals surface area contributed by atoms with Crippen LogP contribution in [0.25, 0.3) is 0 Å². The van der Waals surface area contributed by atoms with E-state index in [1.54, 1.807) is 0 Å². The average molecular weight is 344 g/mol. The highest BCUT2D eigenvalue weighted by molar-refractivity contribution is 5.89. The van der Waals surface area contributed by atoms with Crippen molar-refractivity contribution < 1.29 is 13.6 Å². The molecule has 1 aliphatic carbocycles. The van der Waals surface area contributed by atoms with Gasteiger partial charge in [-0.05, 0) is 30.5 Å². The van der Waals surface area contributed by atoms with E-state index in [0.29, 0.717) is 6.54 Å². The largest absolute Gasteiger partial charge is 0.337 e. The van der Waals surface area contributed by atoms with Crippen molar-refractivity contribution in [2.45, 2.75) is 37.5 Å². The van der Waals surface area contributed by atoms with Crippen molar-refractivity contribution in [2.75, 3.05) is 11.9 Å². The van der Waals surface area contributed by atoms with E-state index in [-0.39, 0.29) is 11.1 Å². The number of rotatable bonds is 4. The molecule has 25 heavy (non-hydrogen) atoms. The minimum Gasteiger partial charge on any atom is -0.337 e. The summed E-state index contributed by atoms with van der Waals surface area (Å²) in [6, 6.07) is 12.8. The SMILES string of the molecule is O=C(NCC1(c2ccccc2)CCCCC1)Nc1ccc(F)cc1F. The van der Waals surface area contributed by atoms with E-state index in [1.807, 2.05) is 18.2 Å². The van der Waals surface area contributed by atoms with Gasteiger partial charge in [0.15, 0.2) is 0 Å². The molecular weight excluding hydrogens is 322 g/mol. The van der Waals surface area contributed by atoms with Crippen LogP contribution in [0.2, 0.25) is 0 Å². The third-order valence-corrected chi connectivity index (χ3v) is 4.96. The Morgan fingerprint density at radius 1 is 1.00 bits per heavy atom. The second-order valence-electron chi connectivity index (χ2n) is 6.64. The highest BCUT2D eigenvalue weighted by Crippen LogP contribution is 2.38. The molecule has 132 valence electrons. The van der Waals surface area contributed by atoms with Gasteiger partial charge in [0.2, 0.25) is 0 Å². The lowest BCUT2D eigenvalue weighted by Gasteiger charge is -2.38. The molecule has 3 rings (SSSR count). The molecule has 0 heterocycles. The van der Waals surface area contributed by atoms with E-state index in [2.05, 4.69) is 22.8 Å². The van der Waals surface area contributed by atoms with E-state index in [9.17, 15) is 13.6 Å². The Kier molecular flexibility index (Phi) is 5.31. The minimum atomic E-state index is -0.786. The number of halogens is 2. The van der Waals surface area contributed by atoms with Gasteiger partial charge in [-0.1, -0.05) is 49.6 Å². The molecule has 0 unspecified atom stereocenters. The van der Waals surface area contributed by atoms with Crippen molar-refractivity contribution in [3.63, 3.8) is 0 Å². The molecule has 2 amide bonds. The molecule has 1 fully saturated rings. The maximum absolute atomic E-state index is 13.7. The zero-order valence-corrected chi connectivity index (χ0v) is 14.0. The number of hydrogen-bond donors (Lipinski definition) is 2. The van der Waals surface area contributed by atoms with Gasteiger partial charge in [-0.2, -0.15) is 0 Å². The predicted molar refractivity (Wildman–Crippen MR) is 94.6 cm³/mol. The third kappa shape index (κ3) is 4.16. The molecule has 3 nitrogen and oxygen atoms in total. The van der Waals surface area contributed by atoms with Crippen LogP contribution in [0.1, 0.15) is 37.7 Å². The molecule has 0 saturated heterocycles. The molecule has 0 bridgehead atoms. The first-order valence-corrected chi connectivity index (χ1v) is 8.65. The van der Waals surface area contributed by atoms with E-state index >= 15 is 0 Å². The van der Waals surface area contributed by atoms with Gasteiger partial charge in [0.05, 0.1) is 5.69 Å². The second kappa shape index (κ2) is 7.64. The first-order valence-electron chi connectivity index (χ1n) is 8.65. The Morgan fingerprint density at radius 2 is 1.72 bits per heavy atom. The smallest absolute Gasteiger partial charge is 0.319 e. The summed E-state index contributed by atoms with van der Waals surface area (Å²) in [5.41, 5.74) is 1.11. The van der Waals surface area contributed by atoms with E-state index in [4.69, 9.17) is 0 Å². The summed E-state index contributed by atoms with van der Waals surface area (Å²) >= 11 is 0. The molecule has 0 spiro atoms. The summed E-state index contributed by atoms with van der Waals surface area (Å²) in [6.07, 6.45) is 5.50. The fourth-order valence-electron chi connectivity index (χ4n) is 3.59. The summed E-state index contributed by atoms with van der Waals surface area (Å²) in [4.78, 5) is 12.2. The van der Waals surface area contributed by atoms with E-state index < -0.39 is 17.7 Å². The van der Waals surface area contributed by atoms with Gasteiger partial charge in [0.1, 0.15) is 11.6 Å². The molecule has 0 aliphatic heterocycles. The molecular formula is C20H22F2N2O. The fraction of sp³-hybridized carbons (Fsp3) is 0.350. The Labute approximate surface area is 146 Å². The van der Waals surface area contributed by atoms with Crippen LogP contribution in [-0.2, 0) is 5.41 Å². The Balaban J connectivity index is 1.68. The van der Waals surface area contributed by atoms with Crippen LogP contribution in [-0.4, -0.2) is 12.6 Å². The maximum Gasteiger partial charge on any atom is 0.319 e. The van der Waals surface area contributed by atoms with Crippen LogP contribution in [0, 0.1) is 11.6 Å². The summed E-state index contributed by atoms with van der Waals surface area (Å²) in [6.45, 7) is 0.492. The highest BCUT2D eigenvalue weighted by Gasteiger charge is 2.34. The summed E-state index contributed by atoms with van der Waals surface area (Å²) in [5.74, 6) is -1.46. The van der Waals surface area contributed by atoms with Crippen LogP contribution < -0.4 is 10.6 Å². The lowest BCUT2D eigenvalue weighted by Crippen LogP contribution is -2.43. The molecule has 1 saturated carbocycles. The van der Waals surface area contributed by atoms with Gasteiger partial charge in [-0.3, -0.25) is 0 Å². The minimum absolute atomic E-state index is 0.0312. The molecule has 0 atom stereocenters. The van der Waals surface area contributed by atoms with E-state index in [1.165, 1.54) is 18.1 Å². The summed E-state index contributed by atoms with van der Waals surface area (Å²) in [7, 11) is 0. The second-order valence-corrected chi connectivity index (χ2v) is 6.64. The third-order valence-electron chi connectivity index (χ3n) is 4.96. The monoisotopic (exact) mass is 344 g/mol. The molecule has 1 aliphatic rings. The molecule has 2 N–H and O–H groups in total. The van der Waals surface area contributed by atoms with Gasteiger partial charge >= 0.3 is 6.03 Å². The topological polar surface area (TPSA) is 41.1 Å². The molecule has 0 radical (unpaired) electrons. The van der Waals surface area contributed by atoms with Crippen LogP contribution in [0.5, 0.6) is 0 Å². The van der Waals surface area contributed by atoms with Crippen molar-refractivity contribution in [1.29, 1.82) is 0 Å². The number of urea groups is 1. The van der Waals surface area contributed by atoms with E-state index in [0.717, 1.165) is 37.8 Å². The Bertz CT molecular complexity index is 728. The first-order chi connectivity index (χ1) is 12.1. The van der Waals surface area contributed by atoms with Crippen molar-refractivity contribution in [3.8, 4) is 0 Å². The van der Waals surface area contributed by atoms with Crippen LogP contribution >= 0.6 is 0 Å². The zero-order chi connectivity index (χ0) is 17.7. The van der Waals surface area contributed by atoms with Gasteiger partial charge in [0.25, 0.3) is 0 Å². The van der Waals surface area contributed by atoms with Crippen molar-refractivity contribution in [3.05, 3.63) is 65.7 Å². The standard InChI is InChI=1S/C20H22F2N2O/c21-16-9-10-18(17(22)13-16)24-19(25)23-14-20(11-5-2-6-12-20)15-7-3-1-4-8-15/h1,3-4,7-10,13H,2,5-6,11-12,14H2,(H2,23,24,25). The number of anilines is 1. The molecule has 2 aromatic carbocycles. The van der Waals surface area contributed by atoms with Gasteiger partial charge in [-0.25, -0.2) is 13.6 Å². The van der Waals surface area contributed by atoms with Gasteiger partial charge < -0.3 is 10.6 Å². The number of carbonyl (C=O) groups is 1. The number of carbonyl (C=O) groups excluding carboxylic acids is 1. The van der Waals surface area contributed by atoms with Gasteiger partial charge in [-0.15, -0.1) is 0 Å². The fourth-order valence-corrected chi connectivity index (χ4v) is 3.59. The summed E-state index contributed by atoms with van der Waals surface area (Å²) in [5, 5.41) is 5.33. The van der Waals surface area contributed by atoms with Crippen molar-refractivity contribution in [2.24, 2.45) is 0 Å². The van der Waals surface area contributed by atoms with Crippen LogP contribution in [0.4, 0.5) is 19.3 Å². The average Bonchev–Trinajstić information content (AvgIpc) is 2.64. The predicted octanol–water partition coefficient (Wildman–Crippen LogP) is 4.99. The van der Waals surface area contributed by atoms with Gasteiger partial charge in [0, 0.05) is 18.0 Å². The lowest BCUT2D eigenvalue weighted by atomic mass is 9.69. The quantitative estimate of drug-likeness (QED) is 0.806. The summed E-state index contributed by atoms with van der Waals surface area (Å²) < 4.78 is 26.6. The Morgan fingerprint density at radius 3 is 2.40 bits per heavy atom. The lowest BCUT2D eigenvalue weighted by molar-refractivity contribution is 0.240. The molecule has 5 heteroatoms. The maximum atomic E-state index is 13.7. The first kappa shape index (κ1) is 17.4. The van der Waals surface area contributed by atoms with Crippen molar-refractivity contribution >= 4 is 11.7 Å². The number of benzene rings is 2. The molecule has 2 aromatic rings. The highest BCUT2D eigenvalue weighted by atomic mass is 19.1. The Hall–Kier alpha value is -2.43. The number of amides is 2. The van der Waals surface area contributed by atoms with Crippen molar-refractivity contribution in [1.82, 2.24) is 5.32 Å². The number of nitrogens with one attached hydrogen (secondary N) is 2. The zero-order valence-electron chi connectivity index (χ0n) is 14.0. The van der Waals surface area contributed by atoms with Crippen LogP contribution in [0.15, 0.2) is 48.5 Å². The molecule has 0 aromatic heterocycles.